The molecule has 1 fully saturated rings. The standard InChI is InChI=1S/C21H23N3O5/c1-29-21(26)16(14-15-8-3-2-4-9-15)22-20(25)19-12-7-13-23(19)17-10-5-6-11-18(17)24(27)28/h2-6,8-11,16,19H,7,12-14H2,1H3,(H,22,25)/t16-,19-/m0/s1. The van der Waals surface area contributed by atoms with E-state index in [1.165, 1.54) is 13.2 Å². The number of hydrogen-bond donors (Lipinski definition) is 1. The van der Waals surface area contributed by atoms with Gasteiger partial charge in [0.1, 0.15) is 17.8 Å². The molecular weight excluding hydrogens is 374 g/mol. The Kier molecular flexibility index (Phi) is 6.43. The zero-order chi connectivity index (χ0) is 20.8. The van der Waals surface area contributed by atoms with Crippen molar-refractivity contribution in [2.75, 3.05) is 18.6 Å². The Bertz CT molecular complexity index is 887. The molecule has 1 amide bonds. The molecule has 29 heavy (non-hydrogen) atoms. The number of carbonyl (C=O) groups is 2. The minimum absolute atomic E-state index is 0.0407. The van der Waals surface area contributed by atoms with Gasteiger partial charge in [-0.2, -0.15) is 0 Å². The molecule has 0 bridgehead atoms. The second kappa shape index (κ2) is 9.18. The van der Waals surface area contributed by atoms with Crippen LogP contribution in [0.5, 0.6) is 0 Å². The van der Waals surface area contributed by atoms with Gasteiger partial charge in [-0.25, -0.2) is 4.79 Å². The normalized spacial score (nSPS) is 16.9. The molecule has 0 unspecified atom stereocenters. The number of esters is 1. The number of nitrogens with one attached hydrogen (secondary N) is 1. The van der Waals surface area contributed by atoms with Gasteiger partial charge in [0.15, 0.2) is 0 Å². The topological polar surface area (TPSA) is 102 Å². The van der Waals surface area contributed by atoms with Crippen molar-refractivity contribution in [2.24, 2.45) is 0 Å². The van der Waals surface area contributed by atoms with Crippen LogP contribution in [0.2, 0.25) is 0 Å². The number of anilines is 1. The molecule has 0 aromatic heterocycles. The number of nitro groups is 1. The van der Waals surface area contributed by atoms with Crippen LogP contribution in [-0.4, -0.2) is 42.5 Å². The number of amides is 1. The molecule has 1 saturated heterocycles. The number of carbonyl (C=O) groups excluding carboxylic acids is 2. The Hall–Kier alpha value is -3.42. The first-order valence-corrected chi connectivity index (χ1v) is 9.43. The van der Waals surface area contributed by atoms with E-state index in [1.54, 1.807) is 23.1 Å². The maximum Gasteiger partial charge on any atom is 0.328 e. The van der Waals surface area contributed by atoms with E-state index in [-0.39, 0.29) is 11.6 Å². The highest BCUT2D eigenvalue weighted by molar-refractivity contribution is 5.90. The number of ether oxygens (including phenoxy) is 1. The van der Waals surface area contributed by atoms with Crippen molar-refractivity contribution in [2.45, 2.75) is 31.3 Å². The van der Waals surface area contributed by atoms with E-state index < -0.39 is 23.0 Å². The van der Waals surface area contributed by atoms with Crippen LogP contribution in [0.25, 0.3) is 0 Å². The van der Waals surface area contributed by atoms with E-state index >= 15 is 0 Å². The molecule has 2 atom stereocenters. The van der Waals surface area contributed by atoms with E-state index in [2.05, 4.69) is 5.32 Å². The van der Waals surface area contributed by atoms with Gasteiger partial charge in [0.25, 0.3) is 5.69 Å². The number of hydrogen-bond acceptors (Lipinski definition) is 6. The number of benzene rings is 2. The number of nitrogens with zero attached hydrogens (tertiary/aromatic N) is 2. The summed E-state index contributed by atoms with van der Waals surface area (Å²) in [5.74, 6) is -0.871. The first kappa shape index (κ1) is 20.3. The highest BCUT2D eigenvalue weighted by Crippen LogP contribution is 2.33. The molecule has 8 heteroatoms. The fourth-order valence-corrected chi connectivity index (χ4v) is 3.64. The Labute approximate surface area is 168 Å². The van der Waals surface area contributed by atoms with Gasteiger partial charge in [0.2, 0.25) is 5.91 Å². The third-order valence-electron chi connectivity index (χ3n) is 5.03. The lowest BCUT2D eigenvalue weighted by Crippen LogP contribution is -2.50. The first-order valence-electron chi connectivity index (χ1n) is 9.43. The summed E-state index contributed by atoms with van der Waals surface area (Å²) in [5, 5.41) is 14.2. The summed E-state index contributed by atoms with van der Waals surface area (Å²) in [7, 11) is 1.28. The van der Waals surface area contributed by atoms with E-state index in [4.69, 9.17) is 4.74 Å². The van der Waals surface area contributed by atoms with Crippen molar-refractivity contribution in [3.05, 3.63) is 70.3 Å². The number of para-hydroxylation sites is 2. The lowest BCUT2D eigenvalue weighted by Gasteiger charge is -2.27. The predicted octanol–water partition coefficient (Wildman–Crippen LogP) is 2.46. The van der Waals surface area contributed by atoms with E-state index in [9.17, 15) is 19.7 Å². The van der Waals surface area contributed by atoms with Crippen molar-refractivity contribution in [3.8, 4) is 0 Å². The maximum absolute atomic E-state index is 13.0. The highest BCUT2D eigenvalue weighted by atomic mass is 16.6. The second-order valence-electron chi connectivity index (χ2n) is 6.87. The molecule has 1 N–H and O–H groups in total. The van der Waals surface area contributed by atoms with Crippen LogP contribution in [0.15, 0.2) is 54.6 Å². The number of rotatable bonds is 7. The summed E-state index contributed by atoms with van der Waals surface area (Å²) in [6, 6.07) is 14.3. The molecule has 3 rings (SSSR count). The van der Waals surface area contributed by atoms with Crippen molar-refractivity contribution >= 4 is 23.3 Å². The fourth-order valence-electron chi connectivity index (χ4n) is 3.64. The molecular formula is C21H23N3O5. The SMILES string of the molecule is COC(=O)[C@H](Cc1ccccc1)NC(=O)[C@@H]1CCCN1c1ccccc1[N+](=O)[O-]. The predicted molar refractivity (Wildman–Crippen MR) is 108 cm³/mol. The molecule has 1 aliphatic heterocycles. The van der Waals surface area contributed by atoms with Crippen LogP contribution >= 0.6 is 0 Å². The van der Waals surface area contributed by atoms with Gasteiger partial charge >= 0.3 is 5.97 Å². The van der Waals surface area contributed by atoms with Crippen LogP contribution in [0, 0.1) is 10.1 Å². The third kappa shape index (κ3) is 4.71. The summed E-state index contributed by atoms with van der Waals surface area (Å²) in [6.07, 6.45) is 1.58. The van der Waals surface area contributed by atoms with Gasteiger partial charge in [-0.3, -0.25) is 14.9 Å². The molecule has 0 spiro atoms. The highest BCUT2D eigenvalue weighted by Gasteiger charge is 2.36. The zero-order valence-corrected chi connectivity index (χ0v) is 16.1. The average Bonchev–Trinajstić information content (AvgIpc) is 3.23. The summed E-state index contributed by atoms with van der Waals surface area (Å²) in [4.78, 5) is 37.9. The Balaban J connectivity index is 1.78. The maximum atomic E-state index is 13.0. The van der Waals surface area contributed by atoms with Gasteiger partial charge in [-0.1, -0.05) is 42.5 Å². The van der Waals surface area contributed by atoms with Crippen LogP contribution in [-0.2, 0) is 20.7 Å². The molecule has 152 valence electrons. The van der Waals surface area contributed by atoms with Crippen LogP contribution in [0.3, 0.4) is 0 Å². The molecule has 8 nitrogen and oxygen atoms in total. The largest absolute Gasteiger partial charge is 0.467 e. The van der Waals surface area contributed by atoms with Crippen molar-refractivity contribution in [1.82, 2.24) is 5.32 Å². The lowest BCUT2D eigenvalue weighted by atomic mass is 10.1. The molecule has 0 aliphatic carbocycles. The molecule has 0 radical (unpaired) electrons. The number of methoxy groups -OCH3 is 1. The Morgan fingerprint density at radius 2 is 1.90 bits per heavy atom. The zero-order valence-electron chi connectivity index (χ0n) is 16.1. The average molecular weight is 397 g/mol. The van der Waals surface area contributed by atoms with Gasteiger partial charge in [0.05, 0.1) is 12.0 Å². The minimum Gasteiger partial charge on any atom is -0.467 e. The van der Waals surface area contributed by atoms with Crippen molar-refractivity contribution < 1.29 is 19.2 Å². The molecule has 1 heterocycles. The lowest BCUT2D eigenvalue weighted by molar-refractivity contribution is -0.384. The van der Waals surface area contributed by atoms with E-state index in [0.29, 0.717) is 25.1 Å². The Morgan fingerprint density at radius 1 is 1.21 bits per heavy atom. The molecule has 2 aromatic carbocycles. The first-order chi connectivity index (χ1) is 14.0. The summed E-state index contributed by atoms with van der Waals surface area (Å²) < 4.78 is 4.85. The van der Waals surface area contributed by atoms with Gasteiger partial charge in [0, 0.05) is 19.0 Å². The molecule has 0 saturated carbocycles. The molecule has 1 aliphatic rings. The van der Waals surface area contributed by atoms with E-state index in [1.807, 2.05) is 30.3 Å². The van der Waals surface area contributed by atoms with Gasteiger partial charge < -0.3 is 15.0 Å². The third-order valence-corrected chi connectivity index (χ3v) is 5.03. The smallest absolute Gasteiger partial charge is 0.328 e. The summed E-state index contributed by atoms with van der Waals surface area (Å²) in [6.45, 7) is 0.532. The van der Waals surface area contributed by atoms with Crippen molar-refractivity contribution in [3.63, 3.8) is 0 Å². The van der Waals surface area contributed by atoms with Gasteiger partial charge in [-0.05, 0) is 24.5 Å². The summed E-state index contributed by atoms with van der Waals surface area (Å²) >= 11 is 0. The quantitative estimate of drug-likeness (QED) is 0.437. The fraction of sp³-hybridized carbons (Fsp3) is 0.333. The monoisotopic (exact) mass is 397 g/mol. The Morgan fingerprint density at radius 3 is 2.59 bits per heavy atom. The second-order valence-corrected chi connectivity index (χ2v) is 6.87. The van der Waals surface area contributed by atoms with Gasteiger partial charge in [-0.15, -0.1) is 0 Å². The van der Waals surface area contributed by atoms with Crippen LogP contribution in [0.4, 0.5) is 11.4 Å². The number of nitro benzene ring substituents is 1. The van der Waals surface area contributed by atoms with E-state index in [0.717, 1.165) is 12.0 Å². The van der Waals surface area contributed by atoms with Crippen LogP contribution in [0.1, 0.15) is 18.4 Å². The van der Waals surface area contributed by atoms with Crippen LogP contribution < -0.4 is 10.2 Å². The summed E-state index contributed by atoms with van der Waals surface area (Å²) in [5.41, 5.74) is 1.26. The van der Waals surface area contributed by atoms with Crippen molar-refractivity contribution in [1.29, 1.82) is 0 Å². The molecule has 2 aromatic rings. The minimum atomic E-state index is -0.830.